The Morgan fingerprint density at radius 2 is 1.30 bits per heavy atom. The molecule has 0 aromatic heterocycles. The van der Waals surface area contributed by atoms with E-state index < -0.39 is 44.7 Å². The molecule has 33 heavy (non-hydrogen) atoms. The van der Waals surface area contributed by atoms with E-state index in [1.807, 2.05) is 71.9 Å². The standard InChI is InChI=1S/C25H32O7S/c1-24(2,3)20(22(26)31-16-17-10-8-7-9-11-17)21(25(4,5)6)23(27)32-18-12-14-19(15-13-18)33(28,29)30/h7-15,20-21H,16H2,1-6H3,(H,28,29,30). The second-order valence-corrected chi connectivity index (χ2v) is 11.6. The highest BCUT2D eigenvalue weighted by atomic mass is 32.2. The fourth-order valence-corrected chi connectivity index (χ4v) is 4.14. The average molecular weight is 477 g/mol. The molecule has 0 amide bonds. The molecule has 0 heterocycles. The normalized spacial score (nSPS) is 14.3. The predicted molar refractivity (Wildman–Crippen MR) is 124 cm³/mol. The number of benzene rings is 2. The number of carbonyl (C=O) groups is 2. The van der Waals surface area contributed by atoms with Crippen molar-refractivity contribution in [3.8, 4) is 5.75 Å². The monoisotopic (exact) mass is 476 g/mol. The SMILES string of the molecule is CC(C)(C)C(C(=O)OCc1ccccc1)C(C(=O)Oc1ccc(S(=O)(=O)O)cc1)C(C)(C)C. The number of hydrogen-bond donors (Lipinski definition) is 1. The zero-order valence-electron chi connectivity index (χ0n) is 19.9. The number of hydrogen-bond acceptors (Lipinski definition) is 6. The molecule has 2 aromatic carbocycles. The van der Waals surface area contributed by atoms with Gasteiger partial charge >= 0.3 is 11.9 Å². The maximum Gasteiger partial charge on any atom is 0.315 e. The lowest BCUT2D eigenvalue weighted by molar-refractivity contribution is -0.167. The van der Waals surface area contributed by atoms with Crippen LogP contribution in [0.15, 0.2) is 59.5 Å². The van der Waals surface area contributed by atoms with E-state index in [0.717, 1.165) is 17.7 Å². The van der Waals surface area contributed by atoms with Crippen molar-refractivity contribution in [1.29, 1.82) is 0 Å². The molecule has 7 nitrogen and oxygen atoms in total. The molecule has 0 aliphatic carbocycles. The number of ether oxygens (including phenoxy) is 2. The maximum atomic E-state index is 13.3. The minimum absolute atomic E-state index is 0.0925. The third-order valence-electron chi connectivity index (χ3n) is 5.27. The van der Waals surface area contributed by atoms with Gasteiger partial charge in [0.15, 0.2) is 0 Å². The van der Waals surface area contributed by atoms with Gasteiger partial charge in [-0.2, -0.15) is 8.42 Å². The van der Waals surface area contributed by atoms with Crippen molar-refractivity contribution in [3.63, 3.8) is 0 Å². The van der Waals surface area contributed by atoms with Gasteiger partial charge in [0.25, 0.3) is 10.1 Å². The van der Waals surface area contributed by atoms with Crippen molar-refractivity contribution in [2.45, 2.75) is 53.0 Å². The van der Waals surface area contributed by atoms with Gasteiger partial charge in [-0.05, 0) is 40.7 Å². The third-order valence-corrected chi connectivity index (χ3v) is 6.14. The van der Waals surface area contributed by atoms with Crippen LogP contribution in [0.25, 0.3) is 0 Å². The molecule has 2 atom stereocenters. The summed E-state index contributed by atoms with van der Waals surface area (Å²) in [6.07, 6.45) is 0. The van der Waals surface area contributed by atoms with Crippen LogP contribution in [-0.4, -0.2) is 24.9 Å². The molecule has 0 aliphatic heterocycles. The summed E-state index contributed by atoms with van der Waals surface area (Å²) in [6, 6.07) is 14.1. The summed E-state index contributed by atoms with van der Waals surface area (Å²) in [5.74, 6) is -2.66. The Morgan fingerprint density at radius 1 is 0.818 bits per heavy atom. The van der Waals surface area contributed by atoms with Crippen molar-refractivity contribution in [3.05, 3.63) is 60.2 Å². The summed E-state index contributed by atoms with van der Waals surface area (Å²) >= 11 is 0. The Labute approximate surface area is 195 Å². The molecule has 1 N–H and O–H groups in total. The van der Waals surface area contributed by atoms with Gasteiger partial charge in [0, 0.05) is 0 Å². The number of rotatable bonds is 7. The van der Waals surface area contributed by atoms with Crippen molar-refractivity contribution < 1.29 is 32.0 Å². The molecule has 0 radical (unpaired) electrons. The molecule has 0 saturated carbocycles. The molecule has 0 fully saturated rings. The molecule has 0 spiro atoms. The van der Waals surface area contributed by atoms with E-state index in [4.69, 9.17) is 14.0 Å². The van der Waals surface area contributed by atoms with Gasteiger partial charge in [0.05, 0.1) is 16.7 Å². The fraction of sp³-hybridized carbons (Fsp3) is 0.440. The Balaban J connectivity index is 2.31. The van der Waals surface area contributed by atoms with Crippen LogP contribution in [0.4, 0.5) is 0 Å². The zero-order chi connectivity index (χ0) is 25.0. The van der Waals surface area contributed by atoms with Gasteiger partial charge in [0.2, 0.25) is 0 Å². The van der Waals surface area contributed by atoms with Crippen LogP contribution in [0.3, 0.4) is 0 Å². The van der Waals surface area contributed by atoms with Gasteiger partial charge in [-0.3, -0.25) is 14.1 Å². The fourth-order valence-electron chi connectivity index (χ4n) is 3.66. The second-order valence-electron chi connectivity index (χ2n) is 10.1. The van der Waals surface area contributed by atoms with Crippen LogP contribution >= 0.6 is 0 Å². The van der Waals surface area contributed by atoms with Crippen LogP contribution in [0.5, 0.6) is 5.75 Å². The second kappa shape index (κ2) is 10.1. The van der Waals surface area contributed by atoms with E-state index in [9.17, 15) is 18.0 Å². The predicted octanol–water partition coefficient (Wildman–Crippen LogP) is 4.91. The number of esters is 2. The van der Waals surface area contributed by atoms with Crippen LogP contribution in [-0.2, 0) is 31.1 Å². The van der Waals surface area contributed by atoms with Crippen LogP contribution in [0, 0.1) is 22.7 Å². The molecule has 2 unspecified atom stereocenters. The summed E-state index contributed by atoms with van der Waals surface area (Å²) in [6.45, 7) is 11.3. The summed E-state index contributed by atoms with van der Waals surface area (Å²) in [5, 5.41) is 0. The highest BCUT2D eigenvalue weighted by Gasteiger charge is 2.49. The van der Waals surface area contributed by atoms with Crippen molar-refractivity contribution in [2.75, 3.05) is 0 Å². The Bertz CT molecular complexity index is 1060. The van der Waals surface area contributed by atoms with Crippen molar-refractivity contribution in [2.24, 2.45) is 22.7 Å². The van der Waals surface area contributed by atoms with Crippen LogP contribution in [0.1, 0.15) is 47.1 Å². The molecular formula is C25H32O7S. The topological polar surface area (TPSA) is 107 Å². The van der Waals surface area contributed by atoms with E-state index in [1.54, 1.807) is 0 Å². The maximum absolute atomic E-state index is 13.3. The first kappa shape index (κ1) is 26.5. The Kier molecular flexibility index (Phi) is 8.09. The largest absolute Gasteiger partial charge is 0.461 e. The average Bonchev–Trinajstić information content (AvgIpc) is 2.68. The molecule has 8 heteroatoms. The number of carbonyl (C=O) groups excluding carboxylic acids is 2. The molecule has 180 valence electrons. The molecule has 2 aromatic rings. The van der Waals surface area contributed by atoms with Gasteiger partial charge in [-0.25, -0.2) is 0 Å². The highest BCUT2D eigenvalue weighted by molar-refractivity contribution is 7.85. The van der Waals surface area contributed by atoms with E-state index in [0.29, 0.717) is 0 Å². The first-order chi connectivity index (χ1) is 15.1. The lowest BCUT2D eigenvalue weighted by Gasteiger charge is -2.40. The van der Waals surface area contributed by atoms with E-state index in [2.05, 4.69) is 0 Å². The van der Waals surface area contributed by atoms with Gasteiger partial charge in [-0.1, -0.05) is 71.9 Å². The molecular weight excluding hydrogens is 444 g/mol. The van der Waals surface area contributed by atoms with Crippen LogP contribution < -0.4 is 4.74 Å². The Morgan fingerprint density at radius 3 is 1.76 bits per heavy atom. The molecule has 0 aliphatic rings. The summed E-state index contributed by atoms with van der Waals surface area (Å²) in [7, 11) is -4.36. The quantitative estimate of drug-likeness (QED) is 0.344. The minimum atomic E-state index is -4.36. The van der Waals surface area contributed by atoms with Gasteiger partial charge < -0.3 is 9.47 Å². The lowest BCUT2D eigenvalue weighted by atomic mass is 9.64. The van der Waals surface area contributed by atoms with Crippen molar-refractivity contribution in [1.82, 2.24) is 0 Å². The van der Waals surface area contributed by atoms with Crippen LogP contribution in [0.2, 0.25) is 0 Å². The first-order valence-corrected chi connectivity index (χ1v) is 12.0. The van der Waals surface area contributed by atoms with Gasteiger partial charge in [-0.15, -0.1) is 0 Å². The third kappa shape index (κ3) is 7.40. The van der Waals surface area contributed by atoms with Gasteiger partial charge in [0.1, 0.15) is 12.4 Å². The van der Waals surface area contributed by atoms with E-state index in [1.165, 1.54) is 12.1 Å². The summed E-state index contributed by atoms with van der Waals surface area (Å²) in [5.41, 5.74) is -0.415. The van der Waals surface area contributed by atoms with Crippen molar-refractivity contribution >= 4 is 22.1 Å². The van der Waals surface area contributed by atoms with E-state index in [-0.39, 0.29) is 17.3 Å². The Hall–Kier alpha value is -2.71. The van der Waals surface area contributed by atoms with E-state index >= 15 is 0 Å². The minimum Gasteiger partial charge on any atom is -0.461 e. The zero-order valence-corrected chi connectivity index (χ0v) is 20.7. The summed E-state index contributed by atoms with van der Waals surface area (Å²) in [4.78, 5) is 26.2. The lowest BCUT2D eigenvalue weighted by Crippen LogP contribution is -2.47. The molecule has 0 saturated heterocycles. The smallest absolute Gasteiger partial charge is 0.315 e. The molecule has 2 rings (SSSR count). The highest BCUT2D eigenvalue weighted by Crippen LogP contribution is 2.43. The summed E-state index contributed by atoms with van der Waals surface area (Å²) < 4.78 is 42.8. The first-order valence-electron chi connectivity index (χ1n) is 10.6. The molecule has 0 bridgehead atoms.